The van der Waals surface area contributed by atoms with Crippen molar-refractivity contribution in [3.05, 3.63) is 67.1 Å². The van der Waals surface area contributed by atoms with Crippen LogP contribution in [0.2, 0.25) is 0 Å². The summed E-state index contributed by atoms with van der Waals surface area (Å²) in [4.78, 5) is 7.46. The van der Waals surface area contributed by atoms with Gasteiger partial charge in [-0.15, -0.1) is 0 Å². The van der Waals surface area contributed by atoms with Gasteiger partial charge in [-0.25, -0.2) is 9.50 Å². The molecule has 1 aliphatic rings. The molecule has 2 aromatic carbocycles. The van der Waals surface area contributed by atoms with Crippen LogP contribution in [0.3, 0.4) is 0 Å². The lowest BCUT2D eigenvalue weighted by Gasteiger charge is -2.15. The van der Waals surface area contributed by atoms with E-state index < -0.39 is 10.2 Å². The van der Waals surface area contributed by atoms with E-state index in [0.717, 1.165) is 34.5 Å². The molecule has 0 saturated carbocycles. The average molecular weight is 464 g/mol. The summed E-state index contributed by atoms with van der Waals surface area (Å²) in [7, 11) is -3.04. The lowest BCUT2D eigenvalue weighted by atomic mass is 10.1. The van der Waals surface area contributed by atoms with Crippen LogP contribution in [0.4, 0.5) is 0 Å². The van der Waals surface area contributed by atoms with Gasteiger partial charge in [-0.2, -0.15) is 9.65 Å². The van der Waals surface area contributed by atoms with Crippen molar-refractivity contribution in [2.45, 2.75) is 17.7 Å². The number of rotatable bonds is 7. The molecular weight excluding hydrogens is 436 g/mol. The van der Waals surface area contributed by atoms with Crippen LogP contribution in [-0.4, -0.2) is 56.5 Å². The molecule has 1 atom stereocenters. The highest BCUT2D eigenvalue weighted by Gasteiger charge is 2.22. The zero-order chi connectivity index (χ0) is 22.8. The number of aromatic nitrogens is 3. The van der Waals surface area contributed by atoms with Crippen LogP contribution in [-0.2, 0) is 14.4 Å². The van der Waals surface area contributed by atoms with E-state index in [1.165, 1.54) is 32.2 Å². The topological polar surface area (TPSA) is 80.0 Å². The number of likely N-dealkylation sites (tertiary alicyclic amines) is 1. The molecule has 1 N–H and O–H groups in total. The molecule has 33 heavy (non-hydrogen) atoms. The molecule has 0 spiro atoms. The maximum absolute atomic E-state index is 12.0. The van der Waals surface area contributed by atoms with Crippen LogP contribution >= 0.6 is 0 Å². The largest absolute Gasteiger partial charge is 0.492 e. The summed E-state index contributed by atoms with van der Waals surface area (Å²) < 4.78 is 29.5. The third-order valence-electron chi connectivity index (χ3n) is 6.00. The predicted octanol–water partition coefficient (Wildman–Crippen LogP) is 4.50. The number of fused-ring (bicyclic) bond motifs is 1. The van der Waals surface area contributed by atoms with Gasteiger partial charge in [-0.1, -0.05) is 28.5 Å². The van der Waals surface area contributed by atoms with Crippen molar-refractivity contribution in [3.8, 4) is 28.0 Å². The van der Waals surface area contributed by atoms with Crippen molar-refractivity contribution in [1.82, 2.24) is 19.5 Å². The van der Waals surface area contributed by atoms with Gasteiger partial charge in [-0.3, -0.25) is 4.90 Å². The molecular formula is C25H27N4O3S+. The Hall–Kier alpha value is -3.07. The van der Waals surface area contributed by atoms with Crippen LogP contribution in [0.1, 0.15) is 12.8 Å². The Balaban J connectivity index is 1.33. The zero-order valence-corrected chi connectivity index (χ0v) is 19.4. The fourth-order valence-corrected chi connectivity index (χ4v) is 4.85. The van der Waals surface area contributed by atoms with Crippen LogP contribution in [0, 0.1) is 0 Å². The fourth-order valence-electron chi connectivity index (χ4n) is 4.17. The lowest BCUT2D eigenvalue weighted by molar-refractivity contribution is 0.238. The van der Waals surface area contributed by atoms with Gasteiger partial charge in [0.1, 0.15) is 18.6 Å². The normalized spacial score (nSPS) is 16.2. The minimum absolute atomic E-state index is 0.388. The van der Waals surface area contributed by atoms with E-state index in [4.69, 9.17) is 4.74 Å². The number of hydrogen-bond acceptors (Lipinski definition) is 5. The Kier molecular flexibility index (Phi) is 5.97. The van der Waals surface area contributed by atoms with E-state index in [-0.39, 0.29) is 0 Å². The average Bonchev–Trinajstić information content (AvgIpc) is 3.49. The van der Waals surface area contributed by atoms with Gasteiger partial charge < -0.3 is 4.74 Å². The maximum Gasteiger partial charge on any atom is 0.244 e. The molecule has 4 aromatic rings. The fraction of sp³-hybridized carbons (Fsp3) is 0.280. The zero-order valence-electron chi connectivity index (χ0n) is 18.6. The monoisotopic (exact) mass is 463 g/mol. The van der Waals surface area contributed by atoms with Gasteiger partial charge in [0.15, 0.2) is 10.5 Å². The van der Waals surface area contributed by atoms with Gasteiger partial charge in [0.05, 0.1) is 6.20 Å². The number of benzene rings is 2. The molecule has 2 aromatic heterocycles. The summed E-state index contributed by atoms with van der Waals surface area (Å²) in [6.45, 7) is 4.03. The summed E-state index contributed by atoms with van der Waals surface area (Å²) in [5.74, 6) is 0.865. The van der Waals surface area contributed by atoms with Gasteiger partial charge in [0, 0.05) is 36.1 Å². The molecule has 5 rings (SSSR count). The van der Waals surface area contributed by atoms with Crippen LogP contribution in [0.15, 0.2) is 72.0 Å². The first kappa shape index (κ1) is 21.8. The number of ether oxygens (including phenoxy) is 1. The Morgan fingerprint density at radius 2 is 1.82 bits per heavy atom. The third kappa shape index (κ3) is 4.83. The highest BCUT2D eigenvalue weighted by atomic mass is 32.3. The molecule has 0 radical (unpaired) electrons. The van der Waals surface area contributed by atoms with Gasteiger partial charge >= 0.3 is 0 Å². The van der Waals surface area contributed by atoms with Crippen molar-refractivity contribution < 1.29 is 13.5 Å². The van der Waals surface area contributed by atoms with E-state index >= 15 is 0 Å². The summed E-state index contributed by atoms with van der Waals surface area (Å²) in [6, 6.07) is 15.1. The second-order valence-electron chi connectivity index (χ2n) is 8.42. The minimum atomic E-state index is -3.04. The van der Waals surface area contributed by atoms with Crippen molar-refractivity contribution >= 4 is 15.9 Å². The first-order valence-corrected chi connectivity index (χ1v) is 13.0. The van der Waals surface area contributed by atoms with E-state index in [1.807, 2.05) is 42.7 Å². The molecule has 1 fully saturated rings. The van der Waals surface area contributed by atoms with Crippen LogP contribution in [0.25, 0.3) is 27.9 Å². The van der Waals surface area contributed by atoms with Crippen molar-refractivity contribution in [1.29, 1.82) is 0 Å². The molecule has 1 unspecified atom stereocenters. The van der Waals surface area contributed by atoms with Crippen molar-refractivity contribution in [2.75, 3.05) is 32.5 Å². The Morgan fingerprint density at radius 1 is 1.03 bits per heavy atom. The molecule has 3 heterocycles. The van der Waals surface area contributed by atoms with E-state index in [2.05, 4.69) is 15.0 Å². The van der Waals surface area contributed by atoms with E-state index in [9.17, 15) is 8.76 Å². The van der Waals surface area contributed by atoms with E-state index in [0.29, 0.717) is 17.1 Å². The molecule has 0 amide bonds. The van der Waals surface area contributed by atoms with Gasteiger partial charge in [0.25, 0.3) is 0 Å². The van der Waals surface area contributed by atoms with Crippen molar-refractivity contribution in [3.63, 3.8) is 0 Å². The highest BCUT2D eigenvalue weighted by molar-refractivity contribution is 7.97. The highest BCUT2D eigenvalue weighted by Crippen LogP contribution is 2.28. The molecule has 8 heteroatoms. The number of hydrogen-bond donors (Lipinski definition) is 1. The molecule has 7 nitrogen and oxygen atoms in total. The van der Waals surface area contributed by atoms with Gasteiger partial charge in [0.2, 0.25) is 10.2 Å². The predicted molar refractivity (Wildman–Crippen MR) is 130 cm³/mol. The van der Waals surface area contributed by atoms with Crippen LogP contribution in [0.5, 0.6) is 5.75 Å². The van der Waals surface area contributed by atoms with Crippen molar-refractivity contribution in [2.24, 2.45) is 0 Å². The second kappa shape index (κ2) is 9.05. The Labute approximate surface area is 194 Å². The molecule has 170 valence electrons. The maximum atomic E-state index is 12.0. The molecule has 0 aliphatic carbocycles. The molecule has 0 bridgehead atoms. The third-order valence-corrected chi connectivity index (χ3v) is 7.13. The van der Waals surface area contributed by atoms with E-state index in [1.54, 1.807) is 28.9 Å². The molecule has 1 aliphatic heterocycles. The first-order chi connectivity index (χ1) is 16.0. The summed E-state index contributed by atoms with van der Waals surface area (Å²) in [5, 5.41) is 4.46. The van der Waals surface area contributed by atoms with Crippen LogP contribution < -0.4 is 4.74 Å². The minimum Gasteiger partial charge on any atom is -0.492 e. The second-order valence-corrected chi connectivity index (χ2v) is 10.5. The smallest absolute Gasteiger partial charge is 0.244 e. The SMILES string of the molecule is C[S+](=O)(O)c1cccc(-c2cnn3cc(-c4ccc(OCCN5CCCC5)cc4)cnc23)c1. The summed E-state index contributed by atoms with van der Waals surface area (Å²) in [5.41, 5.74) is 4.29. The standard InChI is InChI=1S/C25H26N4O3S/c1-33(30,31)23-6-4-5-20(15-23)24-17-27-29-18-21(16-26-25(24)29)19-7-9-22(10-8-19)32-14-13-28-11-2-3-12-28/h4-10,15-18H,2-3,11-14H2,1H3/p+1. The van der Waals surface area contributed by atoms with Gasteiger partial charge in [-0.05, 0) is 55.3 Å². The summed E-state index contributed by atoms with van der Waals surface area (Å²) in [6.07, 6.45) is 9.39. The summed E-state index contributed by atoms with van der Waals surface area (Å²) >= 11 is 0. The molecule has 1 saturated heterocycles. The first-order valence-electron chi connectivity index (χ1n) is 11.1. The number of nitrogens with zero attached hydrogens (tertiary/aromatic N) is 4. The Morgan fingerprint density at radius 3 is 2.58 bits per heavy atom. The lowest BCUT2D eigenvalue weighted by Crippen LogP contribution is -2.25. The quantitative estimate of drug-likeness (QED) is 0.407. The Bertz CT molecular complexity index is 1310.